The van der Waals surface area contributed by atoms with Gasteiger partial charge in [-0.15, -0.1) is 0 Å². The van der Waals surface area contributed by atoms with Gasteiger partial charge in [-0.3, -0.25) is 0 Å². The Balaban J connectivity index is 0.000000159. The monoisotopic (exact) mass is 1550 g/mol. The second kappa shape index (κ2) is 31.2. The third-order valence-corrected chi connectivity index (χ3v) is 26.8. The topological polar surface area (TPSA) is 24.9 Å². The first kappa shape index (κ1) is 76.7. The van der Waals surface area contributed by atoms with Crippen molar-refractivity contribution in [2.75, 3.05) is 9.80 Å². The Morgan fingerprint density at radius 2 is 0.542 bits per heavy atom. The minimum atomic E-state index is -0.576. The lowest BCUT2D eigenvalue weighted by Crippen LogP contribution is -2.29. The van der Waals surface area contributed by atoms with Gasteiger partial charge in [-0.05, 0) is 269 Å². The van der Waals surface area contributed by atoms with Gasteiger partial charge in [0.15, 0.2) is 0 Å². The summed E-state index contributed by atoms with van der Waals surface area (Å²) in [6.45, 7) is 24.0. The van der Waals surface area contributed by atoms with Crippen LogP contribution in [0, 0.1) is 13.8 Å². The molecule has 0 N–H and O–H groups in total. The van der Waals surface area contributed by atoms with Crippen molar-refractivity contribution in [2.24, 2.45) is 0 Å². The number of benzene rings is 16. The van der Waals surface area contributed by atoms with E-state index in [4.69, 9.17) is 9.47 Å². The molecule has 0 heterocycles. The summed E-state index contributed by atoms with van der Waals surface area (Å²) in [5.41, 5.74) is 38.9. The van der Waals surface area contributed by atoms with Crippen LogP contribution in [0.15, 0.2) is 376 Å². The van der Waals surface area contributed by atoms with Crippen LogP contribution in [0.25, 0.3) is 44.5 Å². The second-order valence-electron chi connectivity index (χ2n) is 34.7. The van der Waals surface area contributed by atoms with Crippen molar-refractivity contribution in [3.8, 4) is 56.0 Å². The third kappa shape index (κ3) is 13.1. The number of aryl methyl sites for hydroxylation is 2. The first-order valence-electron chi connectivity index (χ1n) is 43.0. The van der Waals surface area contributed by atoms with Crippen LogP contribution in [0.2, 0.25) is 0 Å². The van der Waals surface area contributed by atoms with E-state index in [0.29, 0.717) is 25.0 Å². The van der Waals surface area contributed by atoms with Crippen LogP contribution in [0.3, 0.4) is 0 Å². The number of rotatable bonds is 20. The molecule has 4 aliphatic carbocycles. The van der Waals surface area contributed by atoms with E-state index < -0.39 is 10.8 Å². The maximum Gasteiger partial charge on any atom is 0.119 e. The van der Waals surface area contributed by atoms with Crippen LogP contribution in [-0.4, -0.2) is 0 Å². The van der Waals surface area contributed by atoms with Gasteiger partial charge in [0, 0.05) is 45.0 Å². The number of nitrogens with zero attached hydrogens (tertiary/aromatic N) is 2. The van der Waals surface area contributed by atoms with Crippen molar-refractivity contribution in [2.45, 2.75) is 129 Å². The van der Waals surface area contributed by atoms with Crippen molar-refractivity contribution >= 4 is 34.1 Å². The number of para-hydroxylation sites is 2. The van der Waals surface area contributed by atoms with E-state index in [1.54, 1.807) is 0 Å². The van der Waals surface area contributed by atoms with Crippen LogP contribution in [-0.2, 0) is 34.9 Å². The molecule has 0 bridgehead atoms. The van der Waals surface area contributed by atoms with Crippen LogP contribution >= 0.6 is 0 Å². The summed E-state index contributed by atoms with van der Waals surface area (Å²) in [7, 11) is 0. The number of fused-ring (bicyclic) bond motifs is 12. The highest BCUT2D eigenvalue weighted by Gasteiger charge is 2.49. The van der Waals surface area contributed by atoms with E-state index in [1.165, 1.54) is 145 Å². The highest BCUT2D eigenvalue weighted by atomic mass is 16.5. The first-order valence-corrected chi connectivity index (χ1v) is 43.0. The molecule has 0 saturated carbocycles. The minimum absolute atomic E-state index is 0.111. The van der Waals surface area contributed by atoms with E-state index in [0.717, 1.165) is 58.5 Å². The normalized spacial score (nSPS) is 16.0. The summed E-state index contributed by atoms with van der Waals surface area (Å²) in [6, 6.07) is 140. The fourth-order valence-corrected chi connectivity index (χ4v) is 20.3. The third-order valence-electron chi connectivity index (χ3n) is 26.8. The molecule has 4 heteroatoms. The quantitative estimate of drug-likeness (QED) is 0.0759. The van der Waals surface area contributed by atoms with Gasteiger partial charge in [0.2, 0.25) is 0 Å². The molecule has 16 aromatic carbocycles. The molecule has 0 aliphatic heterocycles. The Morgan fingerprint density at radius 1 is 0.250 bits per heavy atom. The lowest BCUT2D eigenvalue weighted by Gasteiger charge is -2.35. The van der Waals surface area contributed by atoms with E-state index in [-0.39, 0.29) is 10.8 Å². The summed E-state index contributed by atoms with van der Waals surface area (Å²) in [5, 5.41) is 0. The van der Waals surface area contributed by atoms with Gasteiger partial charge in [0.05, 0.1) is 10.8 Å². The molecule has 0 spiro atoms. The minimum Gasteiger partial charge on any atom is -0.489 e. The fraction of sp³-hybridized carbons (Fsp3) is 0.172. The zero-order valence-corrected chi connectivity index (χ0v) is 70.5. The van der Waals surface area contributed by atoms with Crippen molar-refractivity contribution in [3.63, 3.8) is 0 Å². The molecule has 4 atom stereocenters. The van der Waals surface area contributed by atoms with E-state index in [2.05, 4.69) is 455 Å². The molecule has 0 amide bonds. The Morgan fingerprint density at radius 3 is 0.908 bits per heavy atom. The summed E-state index contributed by atoms with van der Waals surface area (Å²) < 4.78 is 12.9. The molecule has 0 fully saturated rings. The molecule has 0 radical (unpaired) electrons. The predicted molar refractivity (Wildman–Crippen MR) is 500 cm³/mol. The Labute approximate surface area is 709 Å². The lowest BCUT2D eigenvalue weighted by molar-refractivity contribution is 0.306. The van der Waals surface area contributed by atoms with Gasteiger partial charge in [0.25, 0.3) is 0 Å². The molecule has 4 nitrogen and oxygen atoms in total. The highest BCUT2D eigenvalue weighted by molar-refractivity contribution is 5.94. The predicted octanol–water partition coefficient (Wildman–Crippen LogP) is 30.5. The summed E-state index contributed by atoms with van der Waals surface area (Å²) in [5.74, 6) is 2.84. The van der Waals surface area contributed by atoms with E-state index in [9.17, 15) is 0 Å². The van der Waals surface area contributed by atoms with Gasteiger partial charge in [-0.25, -0.2) is 0 Å². The zero-order chi connectivity index (χ0) is 82.0. The smallest absolute Gasteiger partial charge is 0.119 e. The Bertz CT molecular complexity index is 6460. The molecule has 4 aliphatic rings. The van der Waals surface area contributed by atoms with Gasteiger partial charge < -0.3 is 19.3 Å². The van der Waals surface area contributed by atoms with Gasteiger partial charge in [-0.1, -0.05) is 346 Å². The average Bonchev–Trinajstić information content (AvgIpc) is 1.53. The van der Waals surface area contributed by atoms with Crippen LogP contribution < -0.4 is 19.3 Å². The summed E-state index contributed by atoms with van der Waals surface area (Å²) in [4.78, 5) is 4.88. The first-order chi connectivity index (χ1) is 58.5. The SMILES string of the molecule is CCC(C)c1ccc(COc2ccc(C3(c4cc(C)cc(C)c4)c4ccccc4-c4ccc(N(c5ccccc5)c5ccc6c(c5)C(C)(C)c5ccccc5-6)cc43)cc2)cc1.CCC(C)c1ccc(COc2ccc(C3(c4ccccc4)c4ccccc4-c4ccc(N(c5ccccc5)c5ccc6c(c5)C(C)(C)c5ccccc5-6)cc43)cc2)cc1. The van der Waals surface area contributed by atoms with Crippen molar-refractivity contribution in [1.29, 1.82) is 0 Å². The highest BCUT2D eigenvalue weighted by Crippen LogP contribution is 2.61. The maximum atomic E-state index is 6.46. The zero-order valence-electron chi connectivity index (χ0n) is 70.5. The summed E-state index contributed by atoms with van der Waals surface area (Å²) in [6.07, 6.45) is 2.27. The number of hydrogen-bond acceptors (Lipinski definition) is 4. The number of ether oxygens (including phenoxy) is 2. The second-order valence-corrected chi connectivity index (χ2v) is 34.7. The maximum absolute atomic E-state index is 6.46. The van der Waals surface area contributed by atoms with Gasteiger partial charge >= 0.3 is 0 Å². The van der Waals surface area contributed by atoms with E-state index in [1.807, 2.05) is 0 Å². The molecular formula is C116H102N2O2. The molecule has 0 saturated heterocycles. The largest absolute Gasteiger partial charge is 0.489 e. The van der Waals surface area contributed by atoms with Crippen LogP contribution in [0.4, 0.5) is 34.1 Å². The molecule has 0 aromatic heterocycles. The molecular weight excluding hydrogens is 1450 g/mol. The van der Waals surface area contributed by atoms with Crippen molar-refractivity contribution in [1.82, 2.24) is 0 Å². The van der Waals surface area contributed by atoms with Crippen molar-refractivity contribution in [3.05, 3.63) is 476 Å². The Kier molecular flexibility index (Phi) is 19.9. The molecule has 4 unspecified atom stereocenters. The molecule has 16 aromatic rings. The Hall–Kier alpha value is -13.3. The van der Waals surface area contributed by atoms with E-state index >= 15 is 0 Å². The fourth-order valence-electron chi connectivity index (χ4n) is 20.3. The number of anilines is 6. The molecule has 588 valence electrons. The van der Waals surface area contributed by atoms with Crippen LogP contribution in [0.1, 0.15) is 180 Å². The van der Waals surface area contributed by atoms with Crippen LogP contribution in [0.5, 0.6) is 11.5 Å². The van der Waals surface area contributed by atoms with Crippen molar-refractivity contribution < 1.29 is 9.47 Å². The molecule has 20 rings (SSSR count). The van der Waals surface area contributed by atoms with Gasteiger partial charge in [0.1, 0.15) is 24.7 Å². The van der Waals surface area contributed by atoms with Gasteiger partial charge in [-0.2, -0.15) is 0 Å². The standard InChI is InChI=1S/C59H53NO.C57H49NO/c1-7-41(4)43-23-21-42(22-24-43)38-61-49-29-25-44(26-30-49)59(45-34-39(2)33-40(3)35-45)55-20-14-12-18-51(55)53-32-28-48(37-57(53)59)60(46-15-9-8-10-16-46)47-27-31-52-50-17-11-13-19-54(50)58(5,6)56(52)36-47;1-5-39(2)41-26-24-40(25-27-41)38-59-47-32-28-43(29-33-47)57(42-16-8-6-9-17-42)53-23-15-13-21-49(53)51-35-31-46(37-55(51)57)58(44-18-10-7-11-19-44)45-30-34-50-48-20-12-14-22-52(48)56(3,4)54(50)36-45/h8-37,41H,7,38H2,1-6H3;6-37,39H,5,38H2,1-4H3. The number of hydrogen-bond donors (Lipinski definition) is 0. The lowest BCUT2D eigenvalue weighted by atomic mass is 9.67. The molecule has 120 heavy (non-hydrogen) atoms. The summed E-state index contributed by atoms with van der Waals surface area (Å²) >= 11 is 0. The average molecular weight is 1560 g/mol.